The largest absolute Gasteiger partial charge is 0.396 e. The monoisotopic (exact) mass is 360 g/mol. The van der Waals surface area contributed by atoms with Crippen molar-refractivity contribution in [3.8, 4) is 0 Å². The molecule has 0 radical (unpaired) electrons. The van der Waals surface area contributed by atoms with Crippen LogP contribution in [0.1, 0.15) is 54.9 Å². The minimum absolute atomic E-state index is 0.0277. The van der Waals surface area contributed by atoms with Crippen molar-refractivity contribution in [2.24, 2.45) is 17.8 Å². The van der Waals surface area contributed by atoms with Gasteiger partial charge in [0.2, 0.25) is 0 Å². The molecule has 0 aromatic heterocycles. The number of aliphatic hydroxyl groups excluding tert-OH is 2. The lowest BCUT2D eigenvalue weighted by Gasteiger charge is -2.49. The van der Waals surface area contributed by atoms with Crippen molar-refractivity contribution in [1.82, 2.24) is 0 Å². The summed E-state index contributed by atoms with van der Waals surface area (Å²) in [6, 6.07) is 0. The summed E-state index contributed by atoms with van der Waals surface area (Å²) >= 11 is 0. The first-order valence-corrected chi connectivity index (χ1v) is 9.44. The Bertz CT molecular complexity index is 438. The van der Waals surface area contributed by atoms with Gasteiger partial charge in [-0.25, -0.2) is 0 Å². The lowest BCUT2D eigenvalue weighted by Crippen LogP contribution is -2.59. The second-order valence-electron chi connectivity index (χ2n) is 8.63. The molecule has 0 bridgehead atoms. The zero-order valence-electron chi connectivity index (χ0n) is 16.7. The maximum absolute atomic E-state index is 10.9. The molecular weight excluding hydrogens is 324 g/mol. The van der Waals surface area contributed by atoms with Crippen molar-refractivity contribution in [2.45, 2.75) is 90.9 Å². The van der Waals surface area contributed by atoms with Crippen LogP contribution in [0.15, 0.2) is 0 Å². The summed E-state index contributed by atoms with van der Waals surface area (Å²) in [6.07, 6.45) is -0.922. The van der Waals surface area contributed by atoms with Gasteiger partial charge in [0.1, 0.15) is 6.10 Å². The highest BCUT2D eigenvalue weighted by atomic mass is 16.7. The highest BCUT2D eigenvalue weighted by Gasteiger charge is 2.49. The van der Waals surface area contributed by atoms with E-state index in [4.69, 9.17) is 18.9 Å². The first kappa shape index (κ1) is 21.1. The Kier molecular flexibility index (Phi) is 6.56. The topological polar surface area (TPSA) is 77.4 Å². The zero-order chi connectivity index (χ0) is 19.0. The van der Waals surface area contributed by atoms with E-state index in [0.717, 1.165) is 0 Å². The summed E-state index contributed by atoms with van der Waals surface area (Å²) in [5.74, 6) is -1.09. The minimum Gasteiger partial charge on any atom is -0.396 e. The Morgan fingerprint density at radius 3 is 2.04 bits per heavy atom. The second kappa shape index (κ2) is 7.79. The van der Waals surface area contributed by atoms with Crippen LogP contribution in [-0.4, -0.2) is 59.4 Å². The average molecular weight is 360 g/mol. The highest BCUT2D eigenvalue weighted by molar-refractivity contribution is 4.93. The molecule has 6 heteroatoms. The summed E-state index contributed by atoms with van der Waals surface area (Å²) in [4.78, 5) is 0. The van der Waals surface area contributed by atoms with Crippen LogP contribution in [0.25, 0.3) is 0 Å². The predicted octanol–water partition coefficient (Wildman–Crippen LogP) is 2.31. The molecule has 0 saturated carbocycles. The molecule has 7 atom stereocenters. The van der Waals surface area contributed by atoms with Gasteiger partial charge >= 0.3 is 0 Å². The van der Waals surface area contributed by atoms with Gasteiger partial charge in [-0.15, -0.1) is 0 Å². The fourth-order valence-electron chi connectivity index (χ4n) is 3.86. The number of aliphatic hydroxyl groups is 2. The first-order chi connectivity index (χ1) is 11.5. The van der Waals surface area contributed by atoms with E-state index in [1.165, 1.54) is 0 Å². The van der Waals surface area contributed by atoms with E-state index in [1.54, 1.807) is 0 Å². The molecule has 0 amide bonds. The lowest BCUT2D eigenvalue weighted by atomic mass is 9.80. The highest BCUT2D eigenvalue weighted by Crippen LogP contribution is 2.39. The van der Waals surface area contributed by atoms with Crippen molar-refractivity contribution < 1.29 is 29.2 Å². The maximum Gasteiger partial charge on any atom is 0.163 e. The summed E-state index contributed by atoms with van der Waals surface area (Å²) in [5, 5.41) is 20.2. The molecule has 2 rings (SSSR count). The molecule has 2 N–H and O–H groups in total. The molecular formula is C19H36O6. The molecule has 0 spiro atoms. The fourth-order valence-corrected chi connectivity index (χ4v) is 3.86. The van der Waals surface area contributed by atoms with Crippen LogP contribution in [0.2, 0.25) is 0 Å². The van der Waals surface area contributed by atoms with Crippen molar-refractivity contribution in [1.29, 1.82) is 0 Å². The van der Waals surface area contributed by atoms with Crippen LogP contribution in [0.4, 0.5) is 0 Å². The van der Waals surface area contributed by atoms with Gasteiger partial charge in [0, 0.05) is 6.61 Å². The lowest BCUT2D eigenvalue weighted by molar-refractivity contribution is -0.350. The predicted molar refractivity (Wildman–Crippen MR) is 93.9 cm³/mol. The van der Waals surface area contributed by atoms with Crippen LogP contribution in [0, 0.1) is 17.8 Å². The van der Waals surface area contributed by atoms with Gasteiger partial charge in [0.25, 0.3) is 0 Å². The summed E-state index contributed by atoms with van der Waals surface area (Å²) in [6.45, 7) is 14.4. The van der Waals surface area contributed by atoms with Crippen LogP contribution in [-0.2, 0) is 18.9 Å². The number of hydrogen-bond acceptors (Lipinski definition) is 6. The molecule has 2 saturated heterocycles. The molecule has 25 heavy (non-hydrogen) atoms. The average Bonchev–Trinajstić information content (AvgIpc) is 2.88. The normalized spacial score (nSPS) is 38.3. The van der Waals surface area contributed by atoms with Crippen molar-refractivity contribution in [2.75, 3.05) is 13.2 Å². The molecule has 2 aliphatic rings. The molecule has 2 heterocycles. The summed E-state index contributed by atoms with van der Waals surface area (Å²) in [5.41, 5.74) is 0. The third kappa shape index (κ3) is 4.93. The minimum atomic E-state index is -0.779. The number of rotatable bonds is 6. The smallest absolute Gasteiger partial charge is 0.163 e. The molecule has 148 valence electrons. The summed E-state index contributed by atoms with van der Waals surface area (Å²) in [7, 11) is 0. The van der Waals surface area contributed by atoms with Crippen LogP contribution >= 0.6 is 0 Å². The molecule has 0 aliphatic carbocycles. The van der Waals surface area contributed by atoms with Crippen LogP contribution in [0.5, 0.6) is 0 Å². The number of hydrogen-bond donors (Lipinski definition) is 2. The van der Waals surface area contributed by atoms with Crippen molar-refractivity contribution >= 4 is 0 Å². The van der Waals surface area contributed by atoms with E-state index in [-0.39, 0.29) is 42.7 Å². The fraction of sp³-hybridized carbons (Fsp3) is 1.00. The van der Waals surface area contributed by atoms with Gasteiger partial charge in [-0.2, -0.15) is 0 Å². The van der Waals surface area contributed by atoms with E-state index >= 15 is 0 Å². The standard InChI is InChI=1S/C19H36O6/c1-11(8-9-20)16-15(21)17(25-19(6,7)24-16)13(3)12(2)14-10-22-18(4,5)23-14/h11-17,20-21H,8-10H2,1-7H3/t11-,12+,13+,14-,15+,16+,17-/m1/s1. The van der Waals surface area contributed by atoms with E-state index in [9.17, 15) is 10.2 Å². The zero-order valence-corrected chi connectivity index (χ0v) is 16.7. The van der Waals surface area contributed by atoms with E-state index in [0.29, 0.717) is 13.0 Å². The van der Waals surface area contributed by atoms with Crippen LogP contribution < -0.4 is 0 Å². The Morgan fingerprint density at radius 2 is 1.52 bits per heavy atom. The van der Waals surface area contributed by atoms with E-state index in [2.05, 4.69) is 13.8 Å². The molecule has 2 fully saturated rings. The maximum atomic E-state index is 10.9. The van der Waals surface area contributed by atoms with Gasteiger partial charge in [0.05, 0.1) is 24.9 Å². The van der Waals surface area contributed by atoms with E-state index in [1.807, 2.05) is 34.6 Å². The van der Waals surface area contributed by atoms with Gasteiger partial charge in [-0.05, 0) is 51.9 Å². The van der Waals surface area contributed by atoms with Crippen molar-refractivity contribution in [3.63, 3.8) is 0 Å². The van der Waals surface area contributed by atoms with Crippen molar-refractivity contribution in [3.05, 3.63) is 0 Å². The Labute approximate surface area is 151 Å². The van der Waals surface area contributed by atoms with Gasteiger partial charge < -0.3 is 29.2 Å². The SMILES string of the molecule is C[C@@H]([C@H](C)[C@H]1COC(C)(C)O1)[C@H]1OC(C)(C)O[C@@H]([C@H](C)CCO)[C@@H]1O. The number of ether oxygens (including phenoxy) is 4. The first-order valence-electron chi connectivity index (χ1n) is 9.44. The molecule has 0 aromatic rings. The van der Waals surface area contributed by atoms with Gasteiger partial charge in [0.15, 0.2) is 11.6 Å². The van der Waals surface area contributed by atoms with E-state index < -0.39 is 17.7 Å². The quantitative estimate of drug-likeness (QED) is 0.757. The molecule has 2 aliphatic heterocycles. The Balaban J connectivity index is 2.12. The third-order valence-corrected chi connectivity index (χ3v) is 5.62. The van der Waals surface area contributed by atoms with Gasteiger partial charge in [-0.3, -0.25) is 0 Å². The Hall–Kier alpha value is -0.240. The summed E-state index contributed by atoms with van der Waals surface area (Å²) < 4.78 is 23.8. The van der Waals surface area contributed by atoms with Gasteiger partial charge in [-0.1, -0.05) is 20.8 Å². The second-order valence-corrected chi connectivity index (χ2v) is 8.63. The third-order valence-electron chi connectivity index (χ3n) is 5.62. The van der Waals surface area contributed by atoms with Crippen LogP contribution in [0.3, 0.4) is 0 Å². The Morgan fingerprint density at radius 1 is 0.920 bits per heavy atom. The molecule has 0 aromatic carbocycles. The molecule has 0 unspecified atom stereocenters. The molecule has 6 nitrogen and oxygen atoms in total.